The molecule has 1 atom stereocenters. The summed E-state index contributed by atoms with van der Waals surface area (Å²) in [5.41, 5.74) is 10.5. The van der Waals surface area contributed by atoms with Gasteiger partial charge < -0.3 is 20.1 Å². The van der Waals surface area contributed by atoms with Crippen LogP contribution in [-0.2, 0) is 19.6 Å². The van der Waals surface area contributed by atoms with E-state index in [1.54, 1.807) is 30.3 Å². The van der Waals surface area contributed by atoms with Crippen LogP contribution in [0.15, 0.2) is 72.9 Å². The van der Waals surface area contributed by atoms with Crippen molar-refractivity contribution in [2.24, 2.45) is 5.73 Å². The van der Waals surface area contributed by atoms with Gasteiger partial charge in [-0.2, -0.15) is 0 Å². The van der Waals surface area contributed by atoms with Gasteiger partial charge in [-0.3, -0.25) is 0 Å². The molecule has 0 aliphatic carbocycles. The second-order valence-electron chi connectivity index (χ2n) is 8.90. The maximum absolute atomic E-state index is 11.0. The van der Waals surface area contributed by atoms with E-state index in [1.807, 2.05) is 42.6 Å². The Morgan fingerprint density at radius 1 is 1.05 bits per heavy atom. The second-order valence-corrected chi connectivity index (χ2v) is 9.74. The van der Waals surface area contributed by atoms with Crippen LogP contribution in [0.25, 0.3) is 11.3 Å². The lowest BCUT2D eigenvalue weighted by molar-refractivity contribution is 0.0697. The summed E-state index contributed by atoms with van der Waals surface area (Å²) in [5.74, 6) is 0.599. The normalized spacial score (nSPS) is 11.9. The predicted molar refractivity (Wildman–Crippen MR) is 147 cm³/mol. The highest BCUT2D eigenvalue weighted by Gasteiger charge is 2.18. The summed E-state index contributed by atoms with van der Waals surface area (Å²) >= 11 is 12.5. The number of carboxylic acids is 1. The molecule has 192 valence electrons. The molecule has 0 bridgehead atoms. The molecule has 0 saturated carbocycles. The number of hydrogen-bond acceptors (Lipinski definition) is 4. The van der Waals surface area contributed by atoms with Crippen LogP contribution in [0.4, 0.5) is 0 Å². The molecule has 1 heterocycles. The number of ether oxygens (including phenoxy) is 1. The van der Waals surface area contributed by atoms with Gasteiger partial charge in [-0.05, 0) is 66.4 Å². The number of rotatable bonds is 11. The summed E-state index contributed by atoms with van der Waals surface area (Å²) in [6, 6.07) is 19.6. The molecule has 8 heteroatoms. The number of unbranched alkanes of at least 4 members (excludes halogenated alkanes) is 1. The summed E-state index contributed by atoms with van der Waals surface area (Å²) in [6.45, 7) is 3.34. The molecule has 0 fully saturated rings. The monoisotopic (exact) mass is 537 g/mol. The van der Waals surface area contributed by atoms with Crippen LogP contribution in [-0.4, -0.2) is 20.6 Å². The Hall–Kier alpha value is -3.32. The number of imidazole rings is 1. The number of nitrogens with zero attached hydrogens (tertiary/aromatic N) is 2. The fraction of sp³-hybridized carbons (Fsp3) is 0.241. The average molecular weight is 538 g/mol. The first-order valence-electron chi connectivity index (χ1n) is 12.2. The van der Waals surface area contributed by atoms with Crippen molar-refractivity contribution in [3.8, 4) is 17.0 Å². The van der Waals surface area contributed by atoms with Gasteiger partial charge in [-0.25, -0.2) is 9.78 Å². The maximum atomic E-state index is 11.0. The number of aryl methyl sites for hydroxylation is 1. The molecule has 0 radical (unpaired) electrons. The quantitative estimate of drug-likeness (QED) is 0.211. The van der Waals surface area contributed by atoms with E-state index in [0.29, 0.717) is 23.1 Å². The van der Waals surface area contributed by atoms with Crippen LogP contribution < -0.4 is 10.5 Å². The van der Waals surface area contributed by atoms with Crippen molar-refractivity contribution in [2.45, 2.75) is 45.4 Å². The maximum Gasteiger partial charge on any atom is 0.335 e. The van der Waals surface area contributed by atoms with Gasteiger partial charge in [0, 0.05) is 23.3 Å². The Kier molecular flexibility index (Phi) is 8.87. The van der Waals surface area contributed by atoms with Gasteiger partial charge in [0.1, 0.15) is 18.2 Å². The molecule has 4 rings (SSSR count). The Bertz CT molecular complexity index is 1350. The number of aromatic nitrogens is 2. The highest BCUT2D eigenvalue weighted by molar-refractivity contribution is 6.36. The SMILES string of the molecule is CCCCn1cc(-c2ccc(Cl)cc2Cl)nc1[C@@H](N)Cc1ccc(OCc2ccc(C(=O)O)cc2)cc1. The van der Waals surface area contributed by atoms with Crippen molar-refractivity contribution >= 4 is 29.2 Å². The van der Waals surface area contributed by atoms with Crippen molar-refractivity contribution in [3.63, 3.8) is 0 Å². The van der Waals surface area contributed by atoms with Crippen LogP contribution in [0.3, 0.4) is 0 Å². The van der Waals surface area contributed by atoms with Crippen LogP contribution in [0.5, 0.6) is 5.75 Å². The zero-order chi connectivity index (χ0) is 26.4. The molecule has 4 aromatic rings. The first-order chi connectivity index (χ1) is 17.8. The van der Waals surface area contributed by atoms with Crippen LogP contribution >= 0.6 is 23.2 Å². The summed E-state index contributed by atoms with van der Waals surface area (Å²) < 4.78 is 7.98. The number of carbonyl (C=O) groups is 1. The van der Waals surface area contributed by atoms with E-state index in [9.17, 15) is 4.79 Å². The highest BCUT2D eigenvalue weighted by atomic mass is 35.5. The van der Waals surface area contributed by atoms with Crippen molar-refractivity contribution in [2.75, 3.05) is 0 Å². The molecule has 3 aromatic carbocycles. The molecule has 6 nitrogen and oxygen atoms in total. The standard InChI is InChI=1S/C29H29Cl2N3O3/c1-2-3-14-34-17-27(24-13-10-22(30)16-25(24)31)33-28(34)26(32)15-19-6-11-23(12-7-19)37-18-20-4-8-21(9-5-20)29(35)36/h4-13,16-17,26H,2-3,14-15,18,32H2,1H3,(H,35,36)/t26-/m0/s1. The minimum Gasteiger partial charge on any atom is -0.489 e. The van der Waals surface area contributed by atoms with E-state index in [4.69, 9.17) is 43.8 Å². The lowest BCUT2D eigenvalue weighted by atomic mass is 10.1. The van der Waals surface area contributed by atoms with Gasteiger partial charge >= 0.3 is 5.97 Å². The Balaban J connectivity index is 1.44. The van der Waals surface area contributed by atoms with E-state index in [-0.39, 0.29) is 11.6 Å². The molecule has 0 spiro atoms. The molecule has 3 N–H and O–H groups in total. The van der Waals surface area contributed by atoms with Gasteiger partial charge in [-0.1, -0.05) is 60.8 Å². The third-order valence-corrected chi connectivity index (χ3v) is 6.63. The van der Waals surface area contributed by atoms with Crippen molar-refractivity contribution < 1.29 is 14.6 Å². The Morgan fingerprint density at radius 2 is 1.76 bits per heavy atom. The van der Waals surface area contributed by atoms with Crippen LogP contribution in [0.1, 0.15) is 53.1 Å². The summed E-state index contributed by atoms with van der Waals surface area (Å²) in [7, 11) is 0. The van der Waals surface area contributed by atoms with Gasteiger partial charge in [-0.15, -0.1) is 0 Å². The smallest absolute Gasteiger partial charge is 0.335 e. The fourth-order valence-corrected chi connectivity index (χ4v) is 4.54. The van der Waals surface area contributed by atoms with Gasteiger partial charge in [0.25, 0.3) is 0 Å². The van der Waals surface area contributed by atoms with Gasteiger partial charge in [0.05, 0.1) is 22.3 Å². The van der Waals surface area contributed by atoms with Crippen LogP contribution in [0, 0.1) is 0 Å². The first kappa shape index (κ1) is 26.7. The summed E-state index contributed by atoms with van der Waals surface area (Å²) in [6.07, 6.45) is 4.72. The minimum atomic E-state index is -0.945. The topological polar surface area (TPSA) is 90.4 Å². The molecular formula is C29H29Cl2N3O3. The number of benzene rings is 3. The lowest BCUT2D eigenvalue weighted by Gasteiger charge is -2.14. The van der Waals surface area contributed by atoms with Gasteiger partial charge in [0.15, 0.2) is 0 Å². The zero-order valence-corrected chi connectivity index (χ0v) is 22.0. The third kappa shape index (κ3) is 6.92. The van der Waals surface area contributed by atoms with E-state index in [0.717, 1.165) is 53.3 Å². The Morgan fingerprint density at radius 3 is 2.41 bits per heavy atom. The van der Waals surface area contributed by atoms with Crippen molar-refractivity contribution in [1.82, 2.24) is 9.55 Å². The van der Waals surface area contributed by atoms with E-state index in [1.165, 1.54) is 0 Å². The fourth-order valence-electron chi connectivity index (χ4n) is 4.04. The average Bonchev–Trinajstić information content (AvgIpc) is 3.31. The minimum absolute atomic E-state index is 0.253. The van der Waals surface area contributed by atoms with Crippen LogP contribution in [0.2, 0.25) is 10.0 Å². The van der Waals surface area contributed by atoms with Gasteiger partial charge in [0.2, 0.25) is 0 Å². The van der Waals surface area contributed by atoms with E-state index >= 15 is 0 Å². The number of carboxylic acid groups (broad SMARTS) is 1. The molecule has 1 aromatic heterocycles. The molecular weight excluding hydrogens is 509 g/mol. The third-order valence-electron chi connectivity index (χ3n) is 6.08. The van der Waals surface area contributed by atoms with Crippen molar-refractivity contribution in [3.05, 3.63) is 105 Å². The number of aromatic carboxylic acids is 1. The van der Waals surface area contributed by atoms with E-state index < -0.39 is 5.97 Å². The molecule has 0 aliphatic heterocycles. The molecule has 0 amide bonds. The number of hydrogen-bond donors (Lipinski definition) is 2. The molecule has 0 aliphatic rings. The number of halogens is 2. The first-order valence-corrected chi connectivity index (χ1v) is 12.9. The van der Waals surface area contributed by atoms with Crippen molar-refractivity contribution in [1.29, 1.82) is 0 Å². The molecule has 37 heavy (non-hydrogen) atoms. The summed E-state index contributed by atoms with van der Waals surface area (Å²) in [4.78, 5) is 15.9. The number of nitrogens with two attached hydrogens (primary N) is 1. The summed E-state index contributed by atoms with van der Waals surface area (Å²) in [5, 5.41) is 10.2. The highest BCUT2D eigenvalue weighted by Crippen LogP contribution is 2.31. The molecule has 0 saturated heterocycles. The second kappa shape index (κ2) is 12.3. The largest absolute Gasteiger partial charge is 0.489 e. The van der Waals surface area contributed by atoms with E-state index in [2.05, 4.69) is 11.5 Å². The Labute approximate surface area is 226 Å². The lowest BCUT2D eigenvalue weighted by Crippen LogP contribution is -2.19. The molecule has 0 unspecified atom stereocenters. The zero-order valence-electron chi connectivity index (χ0n) is 20.5. The predicted octanol–water partition coefficient (Wildman–Crippen LogP) is 7.18.